The Morgan fingerprint density at radius 3 is 2.71 bits per heavy atom. The Morgan fingerprint density at radius 1 is 1.32 bits per heavy atom. The van der Waals surface area contributed by atoms with Gasteiger partial charge in [0.2, 0.25) is 0 Å². The molecule has 0 atom stereocenters. The number of rotatable bonds is 5. The Hall–Kier alpha value is -3.43. The fraction of sp³-hybridized carbons (Fsp3) is 0.167. The highest BCUT2D eigenvalue weighted by molar-refractivity contribution is 6.03. The van der Waals surface area contributed by atoms with E-state index in [2.05, 4.69) is 4.98 Å². The minimum atomic E-state index is -4.60. The lowest BCUT2D eigenvalue weighted by atomic mass is 10.0. The first-order valence-electron chi connectivity index (χ1n) is 7.96. The summed E-state index contributed by atoms with van der Waals surface area (Å²) in [5, 5.41) is 7.36. The van der Waals surface area contributed by atoms with Gasteiger partial charge in [-0.15, -0.1) is 0 Å². The predicted molar refractivity (Wildman–Crippen MR) is 92.1 cm³/mol. The number of amides is 1. The number of fused-ring (bicyclic) bond motifs is 1. The van der Waals surface area contributed by atoms with Crippen molar-refractivity contribution in [3.8, 4) is 17.0 Å². The number of halogens is 4. The molecule has 1 aromatic heterocycles. The van der Waals surface area contributed by atoms with Crippen LogP contribution in [0.2, 0.25) is 0 Å². The molecule has 0 unspecified atom stereocenters. The lowest BCUT2D eigenvalue weighted by Gasteiger charge is -2.16. The van der Waals surface area contributed by atoms with Crippen molar-refractivity contribution >= 4 is 12.1 Å². The van der Waals surface area contributed by atoms with Crippen LogP contribution in [0.5, 0.6) is 5.75 Å². The second-order valence-electron chi connectivity index (χ2n) is 5.86. The van der Waals surface area contributed by atoms with E-state index in [1.165, 1.54) is 23.2 Å². The van der Waals surface area contributed by atoms with Crippen LogP contribution in [0.3, 0.4) is 0 Å². The molecule has 28 heavy (non-hydrogen) atoms. The number of nitrogens with two attached hydrogens (primary N) is 1. The Kier molecular flexibility index (Phi) is 5.04. The van der Waals surface area contributed by atoms with Gasteiger partial charge in [0.25, 0.3) is 5.91 Å². The maximum absolute atomic E-state index is 13.6. The van der Waals surface area contributed by atoms with Gasteiger partial charge >= 0.3 is 6.18 Å². The fourth-order valence-corrected chi connectivity index (χ4v) is 2.86. The van der Waals surface area contributed by atoms with Crippen molar-refractivity contribution in [2.75, 3.05) is 6.61 Å². The SMILES string of the molecule is N=C/C(=C\N)N1Cc2c(ccnc2-c2ccc(F)cc2OCC(F)(F)F)C1=O. The summed E-state index contributed by atoms with van der Waals surface area (Å²) in [5.41, 5.74) is 6.57. The van der Waals surface area contributed by atoms with E-state index in [0.717, 1.165) is 24.5 Å². The molecule has 0 saturated heterocycles. The molecule has 3 rings (SSSR count). The van der Waals surface area contributed by atoms with Crippen molar-refractivity contribution in [2.45, 2.75) is 12.7 Å². The second kappa shape index (κ2) is 7.29. The van der Waals surface area contributed by atoms with E-state index >= 15 is 0 Å². The van der Waals surface area contributed by atoms with Crippen LogP contribution in [0, 0.1) is 11.2 Å². The van der Waals surface area contributed by atoms with Crippen LogP contribution in [0.1, 0.15) is 15.9 Å². The smallest absolute Gasteiger partial charge is 0.422 e. The molecule has 1 aliphatic heterocycles. The van der Waals surface area contributed by atoms with Crippen LogP contribution in [0.15, 0.2) is 42.4 Å². The summed E-state index contributed by atoms with van der Waals surface area (Å²) in [4.78, 5) is 18.0. The van der Waals surface area contributed by atoms with E-state index in [1.807, 2.05) is 0 Å². The molecule has 0 saturated carbocycles. The topological polar surface area (TPSA) is 92.3 Å². The van der Waals surface area contributed by atoms with Crippen LogP contribution in [-0.4, -0.2) is 34.8 Å². The summed E-state index contributed by atoms with van der Waals surface area (Å²) >= 11 is 0. The lowest BCUT2D eigenvalue weighted by Crippen LogP contribution is -2.24. The van der Waals surface area contributed by atoms with Crippen LogP contribution in [-0.2, 0) is 6.54 Å². The standard InChI is InChI=1S/C18H14F4N4O2/c19-10-1-2-13(15(5-10)28-9-18(20,21)22)16-14-8-26(11(6-23)7-24)17(27)12(14)3-4-25-16/h1-7,23H,8-9,24H2/b11-7+,23-6?. The van der Waals surface area contributed by atoms with Crippen LogP contribution in [0.25, 0.3) is 11.3 Å². The first-order valence-corrected chi connectivity index (χ1v) is 7.96. The third-order valence-corrected chi connectivity index (χ3v) is 4.07. The minimum Gasteiger partial charge on any atom is -0.483 e. The van der Waals surface area contributed by atoms with Gasteiger partial charge in [0.15, 0.2) is 6.61 Å². The fourth-order valence-electron chi connectivity index (χ4n) is 2.86. The number of carbonyl (C=O) groups is 1. The van der Waals surface area contributed by atoms with Crippen LogP contribution in [0.4, 0.5) is 17.6 Å². The summed E-state index contributed by atoms with van der Waals surface area (Å²) in [7, 11) is 0. The zero-order valence-corrected chi connectivity index (χ0v) is 14.3. The van der Waals surface area contributed by atoms with Crippen molar-refractivity contribution in [1.82, 2.24) is 9.88 Å². The molecule has 0 bridgehead atoms. The highest BCUT2D eigenvalue weighted by Gasteiger charge is 2.33. The van der Waals surface area contributed by atoms with E-state index in [4.69, 9.17) is 15.9 Å². The molecule has 6 nitrogen and oxygen atoms in total. The largest absolute Gasteiger partial charge is 0.483 e. The Morgan fingerprint density at radius 2 is 2.07 bits per heavy atom. The van der Waals surface area contributed by atoms with Crippen molar-refractivity contribution in [2.24, 2.45) is 5.73 Å². The molecular weight excluding hydrogens is 380 g/mol. The van der Waals surface area contributed by atoms with Crippen molar-refractivity contribution < 1.29 is 27.1 Å². The van der Waals surface area contributed by atoms with Gasteiger partial charge in [-0.25, -0.2) is 4.39 Å². The van der Waals surface area contributed by atoms with Crippen molar-refractivity contribution in [3.63, 3.8) is 0 Å². The first-order chi connectivity index (χ1) is 13.2. The maximum atomic E-state index is 13.6. The minimum absolute atomic E-state index is 0.00579. The molecular formula is C18H14F4N4O2. The molecule has 2 heterocycles. The summed E-state index contributed by atoms with van der Waals surface area (Å²) in [6.45, 7) is -1.59. The number of ether oxygens (including phenoxy) is 1. The number of hydrogen-bond acceptors (Lipinski definition) is 5. The number of alkyl halides is 3. The van der Waals surface area contributed by atoms with Gasteiger partial charge in [-0.05, 0) is 18.2 Å². The van der Waals surface area contributed by atoms with Gasteiger partial charge in [-0.3, -0.25) is 9.78 Å². The molecule has 1 aromatic carbocycles. The van der Waals surface area contributed by atoms with Gasteiger partial charge in [0.05, 0.1) is 17.9 Å². The number of hydrogen-bond donors (Lipinski definition) is 2. The monoisotopic (exact) mass is 394 g/mol. The summed E-state index contributed by atoms with van der Waals surface area (Å²) in [5.74, 6) is -1.55. The normalized spacial score (nSPS) is 14.2. The molecule has 0 spiro atoms. The number of carbonyl (C=O) groups excluding carboxylic acids is 1. The van der Waals surface area contributed by atoms with E-state index in [1.54, 1.807) is 0 Å². The molecule has 146 valence electrons. The number of allylic oxidation sites excluding steroid dienone is 1. The van der Waals surface area contributed by atoms with Gasteiger partial charge in [-0.2, -0.15) is 13.2 Å². The van der Waals surface area contributed by atoms with E-state index < -0.39 is 24.5 Å². The van der Waals surface area contributed by atoms with E-state index in [0.29, 0.717) is 5.56 Å². The average Bonchev–Trinajstić information content (AvgIpc) is 2.98. The molecule has 1 amide bonds. The Bertz CT molecular complexity index is 973. The number of nitrogens with one attached hydrogen (secondary N) is 1. The molecule has 0 radical (unpaired) electrons. The number of aromatic nitrogens is 1. The van der Waals surface area contributed by atoms with Crippen LogP contribution < -0.4 is 10.5 Å². The van der Waals surface area contributed by atoms with Crippen molar-refractivity contribution in [3.05, 3.63) is 59.3 Å². The maximum Gasteiger partial charge on any atom is 0.422 e. The zero-order chi connectivity index (χ0) is 20.5. The Balaban J connectivity index is 2.07. The quantitative estimate of drug-likeness (QED) is 0.602. The third-order valence-electron chi connectivity index (χ3n) is 4.07. The van der Waals surface area contributed by atoms with E-state index in [-0.39, 0.29) is 34.8 Å². The number of benzene rings is 1. The molecule has 0 fully saturated rings. The Labute approximate surface area is 156 Å². The number of pyridine rings is 1. The first kappa shape index (κ1) is 19.3. The highest BCUT2D eigenvalue weighted by Crippen LogP contribution is 2.37. The molecule has 0 aliphatic carbocycles. The predicted octanol–water partition coefficient (Wildman–Crippen LogP) is 3.23. The molecule has 2 aromatic rings. The third kappa shape index (κ3) is 3.66. The average molecular weight is 394 g/mol. The van der Waals surface area contributed by atoms with Gasteiger partial charge in [0.1, 0.15) is 11.6 Å². The molecule has 10 heteroatoms. The zero-order valence-electron chi connectivity index (χ0n) is 14.3. The summed E-state index contributed by atoms with van der Waals surface area (Å²) in [6, 6.07) is 4.60. The summed E-state index contributed by atoms with van der Waals surface area (Å²) in [6.07, 6.45) is -1.28. The highest BCUT2D eigenvalue weighted by atomic mass is 19.4. The molecule has 1 aliphatic rings. The van der Waals surface area contributed by atoms with Gasteiger partial charge < -0.3 is 20.8 Å². The van der Waals surface area contributed by atoms with Gasteiger partial charge in [0, 0.05) is 41.4 Å². The summed E-state index contributed by atoms with van der Waals surface area (Å²) < 4.78 is 56.0. The van der Waals surface area contributed by atoms with Gasteiger partial charge in [-0.1, -0.05) is 0 Å². The molecule has 3 N–H and O–H groups in total. The van der Waals surface area contributed by atoms with Crippen molar-refractivity contribution in [1.29, 1.82) is 5.41 Å². The second-order valence-corrected chi connectivity index (χ2v) is 5.86. The lowest BCUT2D eigenvalue weighted by molar-refractivity contribution is -0.153. The van der Waals surface area contributed by atoms with Crippen LogP contribution >= 0.6 is 0 Å². The van der Waals surface area contributed by atoms with E-state index in [9.17, 15) is 22.4 Å². The number of nitrogens with zero attached hydrogens (tertiary/aromatic N) is 2.